The number of benzene rings is 2. The van der Waals surface area contributed by atoms with Gasteiger partial charge >= 0.3 is 24.3 Å². The Morgan fingerprint density at radius 3 is 1.38 bits per heavy atom. The third-order valence-corrected chi connectivity index (χ3v) is 11.4. The first-order valence-electron chi connectivity index (χ1n) is 17.1. The van der Waals surface area contributed by atoms with Gasteiger partial charge in [0.25, 0.3) is 0 Å². The van der Waals surface area contributed by atoms with Gasteiger partial charge in [0.2, 0.25) is 0 Å². The second-order valence-corrected chi connectivity index (χ2v) is 14.3. The van der Waals surface area contributed by atoms with Crippen LogP contribution in [-0.2, 0) is 42.7 Å². The van der Waals surface area contributed by atoms with Gasteiger partial charge in [-0.05, 0) is 110 Å². The van der Waals surface area contributed by atoms with Crippen LogP contribution in [-0.4, -0.2) is 50.1 Å². The zero-order chi connectivity index (χ0) is 36.5. The van der Waals surface area contributed by atoms with Crippen molar-refractivity contribution in [3.8, 4) is 0 Å². The number of halogens is 6. The van der Waals surface area contributed by atoms with E-state index >= 15 is 0 Å². The van der Waals surface area contributed by atoms with Crippen molar-refractivity contribution in [1.82, 2.24) is 0 Å². The maximum atomic E-state index is 13.4. The zero-order valence-corrected chi connectivity index (χ0v) is 28.2. The maximum Gasteiger partial charge on any atom is 0.389 e. The van der Waals surface area contributed by atoms with Crippen LogP contribution in [0.15, 0.2) is 36.4 Å². The SMILES string of the molecule is COC(=O)c1ccc2c(c1)CCC[C@@H]1CC(=O)CC[C@]21CC(F)(F)F.COC(=O)c1ccc2c(c1)CCC[C@H]1CC(=O)CC[C@@]21CC(F)(F)F. The molecule has 0 N–H and O–H groups in total. The maximum absolute atomic E-state index is 13.4. The summed E-state index contributed by atoms with van der Waals surface area (Å²) < 4.78 is 90.0. The van der Waals surface area contributed by atoms with Gasteiger partial charge in [0.15, 0.2) is 0 Å². The second kappa shape index (κ2) is 14.5. The molecule has 2 fully saturated rings. The first kappa shape index (κ1) is 37.6. The van der Waals surface area contributed by atoms with Crippen LogP contribution in [0.1, 0.15) is 120 Å². The number of ether oxygens (including phenoxy) is 2. The molecule has 6 rings (SSSR count). The predicted molar refractivity (Wildman–Crippen MR) is 171 cm³/mol. The van der Waals surface area contributed by atoms with E-state index in [1.54, 1.807) is 36.4 Å². The summed E-state index contributed by atoms with van der Waals surface area (Å²) in [6, 6.07) is 9.72. The number of carbonyl (C=O) groups excluding carboxylic acids is 4. The molecule has 50 heavy (non-hydrogen) atoms. The fourth-order valence-corrected chi connectivity index (χ4v) is 9.25. The minimum absolute atomic E-state index is 0.0532. The fourth-order valence-electron chi connectivity index (χ4n) is 9.25. The lowest BCUT2D eigenvalue weighted by atomic mass is 9.59. The first-order chi connectivity index (χ1) is 23.5. The summed E-state index contributed by atoms with van der Waals surface area (Å²) >= 11 is 0. The Bertz CT molecular complexity index is 1510. The highest BCUT2D eigenvalue weighted by molar-refractivity contribution is 5.90. The molecule has 2 aromatic carbocycles. The van der Waals surface area contributed by atoms with E-state index in [1.807, 2.05) is 0 Å². The third-order valence-electron chi connectivity index (χ3n) is 11.4. The molecule has 12 heteroatoms. The van der Waals surface area contributed by atoms with Gasteiger partial charge in [-0.1, -0.05) is 12.1 Å². The Balaban J connectivity index is 0.000000194. The van der Waals surface area contributed by atoms with Gasteiger partial charge in [-0.25, -0.2) is 9.59 Å². The normalized spacial score (nSPS) is 26.4. The van der Waals surface area contributed by atoms with Crippen LogP contribution in [0.3, 0.4) is 0 Å². The molecule has 2 saturated carbocycles. The lowest BCUT2D eigenvalue weighted by molar-refractivity contribution is -0.160. The van der Waals surface area contributed by atoms with Gasteiger partial charge in [0.1, 0.15) is 11.6 Å². The standard InChI is InChI=1S/2C19H21F3O3/c2*1-25-17(24)13-5-6-16-12(9-13)3-2-4-14-10-15(23)7-8-18(14,16)11-19(20,21)22/h2*5-6,9,14H,2-4,7-8,10-11H2,1H3/t2*14-,18-/m10/s1. The number of alkyl halides is 6. The van der Waals surface area contributed by atoms with Gasteiger partial charge in [0, 0.05) is 36.5 Å². The Hall–Kier alpha value is -3.70. The summed E-state index contributed by atoms with van der Waals surface area (Å²) in [7, 11) is 2.56. The fraction of sp³-hybridized carbons (Fsp3) is 0.579. The molecule has 272 valence electrons. The molecular formula is C38H42F6O6. The molecule has 2 aromatic rings. The molecule has 0 unspecified atom stereocenters. The van der Waals surface area contributed by atoms with Gasteiger partial charge in [0.05, 0.1) is 38.2 Å². The number of carbonyl (C=O) groups is 4. The highest BCUT2D eigenvalue weighted by Gasteiger charge is 2.53. The van der Waals surface area contributed by atoms with Gasteiger partial charge in [-0.15, -0.1) is 0 Å². The van der Waals surface area contributed by atoms with E-state index < -0.39 is 48.0 Å². The summed E-state index contributed by atoms with van der Waals surface area (Å²) in [4.78, 5) is 47.3. The minimum Gasteiger partial charge on any atom is -0.465 e. The number of hydrogen-bond acceptors (Lipinski definition) is 6. The average molecular weight is 709 g/mol. The van der Waals surface area contributed by atoms with Crippen LogP contribution in [0.2, 0.25) is 0 Å². The monoisotopic (exact) mass is 708 g/mol. The highest BCUT2D eigenvalue weighted by Crippen LogP contribution is 2.55. The molecule has 0 spiro atoms. The summed E-state index contributed by atoms with van der Waals surface area (Å²) in [5.74, 6) is -1.46. The average Bonchev–Trinajstić information content (AvgIpc) is 3.29. The smallest absolute Gasteiger partial charge is 0.389 e. The van der Waals surface area contributed by atoms with Crippen molar-refractivity contribution in [2.75, 3.05) is 14.2 Å². The molecule has 0 radical (unpaired) electrons. The quantitative estimate of drug-likeness (QED) is 0.233. The zero-order valence-electron chi connectivity index (χ0n) is 28.2. The number of esters is 2. The Labute approximate surface area is 287 Å². The van der Waals surface area contributed by atoms with Crippen LogP contribution in [0.25, 0.3) is 0 Å². The Morgan fingerprint density at radius 2 is 1.04 bits per heavy atom. The molecule has 0 bridgehead atoms. The number of fused-ring (bicyclic) bond motifs is 6. The summed E-state index contributed by atoms with van der Waals surface area (Å²) in [5, 5.41) is 0. The van der Waals surface area contributed by atoms with Crippen LogP contribution in [0.4, 0.5) is 26.3 Å². The van der Waals surface area contributed by atoms with E-state index in [1.165, 1.54) is 14.2 Å². The predicted octanol–water partition coefficient (Wildman–Crippen LogP) is 8.74. The number of ketones is 2. The van der Waals surface area contributed by atoms with Crippen molar-refractivity contribution in [3.05, 3.63) is 69.8 Å². The van der Waals surface area contributed by atoms with Crippen molar-refractivity contribution in [1.29, 1.82) is 0 Å². The van der Waals surface area contributed by atoms with Gasteiger partial charge in [-0.3, -0.25) is 9.59 Å². The molecule has 6 nitrogen and oxygen atoms in total. The molecule has 4 atom stereocenters. The largest absolute Gasteiger partial charge is 0.465 e. The molecule has 0 saturated heterocycles. The van der Waals surface area contributed by atoms with E-state index in [2.05, 4.69) is 0 Å². The topological polar surface area (TPSA) is 86.7 Å². The first-order valence-corrected chi connectivity index (χ1v) is 17.1. The molecule has 0 amide bonds. The van der Waals surface area contributed by atoms with E-state index in [-0.39, 0.29) is 61.9 Å². The van der Waals surface area contributed by atoms with E-state index in [0.29, 0.717) is 47.9 Å². The minimum atomic E-state index is -4.30. The Morgan fingerprint density at radius 1 is 0.660 bits per heavy atom. The molecule has 4 aliphatic carbocycles. The van der Waals surface area contributed by atoms with Gasteiger partial charge in [-0.2, -0.15) is 26.3 Å². The van der Waals surface area contributed by atoms with Crippen LogP contribution in [0.5, 0.6) is 0 Å². The van der Waals surface area contributed by atoms with Crippen molar-refractivity contribution < 1.29 is 55.0 Å². The van der Waals surface area contributed by atoms with E-state index in [0.717, 1.165) is 24.0 Å². The van der Waals surface area contributed by atoms with Crippen LogP contribution < -0.4 is 0 Å². The summed E-state index contributed by atoms with van der Waals surface area (Å²) in [6.45, 7) is 0. The van der Waals surface area contributed by atoms with Crippen molar-refractivity contribution in [3.63, 3.8) is 0 Å². The van der Waals surface area contributed by atoms with E-state index in [4.69, 9.17) is 9.47 Å². The van der Waals surface area contributed by atoms with Crippen LogP contribution >= 0.6 is 0 Å². The summed E-state index contributed by atoms with van der Waals surface area (Å²) in [5.41, 5.74) is 1.47. The molecule has 0 aromatic heterocycles. The number of Topliss-reactive ketones (excluding diaryl/α,β-unsaturated/α-hetero) is 2. The number of aryl methyl sites for hydroxylation is 2. The summed E-state index contributed by atoms with van der Waals surface area (Å²) in [6.07, 6.45) is -5.32. The lowest BCUT2D eigenvalue weighted by Crippen LogP contribution is -2.44. The van der Waals surface area contributed by atoms with Crippen molar-refractivity contribution in [2.24, 2.45) is 11.8 Å². The van der Waals surface area contributed by atoms with Crippen molar-refractivity contribution in [2.45, 2.75) is 113 Å². The van der Waals surface area contributed by atoms with Crippen molar-refractivity contribution >= 4 is 23.5 Å². The second-order valence-electron chi connectivity index (χ2n) is 14.3. The van der Waals surface area contributed by atoms with Crippen LogP contribution in [0, 0.1) is 11.8 Å². The molecular weight excluding hydrogens is 666 g/mol. The molecule has 0 heterocycles. The van der Waals surface area contributed by atoms with E-state index in [9.17, 15) is 45.5 Å². The number of rotatable bonds is 4. The molecule has 4 aliphatic rings. The number of methoxy groups -OCH3 is 2. The molecule has 0 aliphatic heterocycles. The highest BCUT2D eigenvalue weighted by atomic mass is 19.4. The van der Waals surface area contributed by atoms with Gasteiger partial charge < -0.3 is 9.47 Å². The third kappa shape index (κ3) is 7.94. The Kier molecular flexibility index (Phi) is 10.9. The lowest BCUT2D eigenvalue weighted by Gasteiger charge is -2.44. The number of hydrogen-bond donors (Lipinski definition) is 0.